The summed E-state index contributed by atoms with van der Waals surface area (Å²) in [5.41, 5.74) is 0. The Labute approximate surface area is 185 Å². The lowest BCUT2D eigenvalue weighted by atomic mass is 10.2. The van der Waals surface area contributed by atoms with Crippen molar-refractivity contribution in [1.29, 1.82) is 0 Å². The summed E-state index contributed by atoms with van der Waals surface area (Å²) >= 11 is 0. The predicted molar refractivity (Wildman–Crippen MR) is 135 cm³/mol. The van der Waals surface area contributed by atoms with Gasteiger partial charge in [0.15, 0.2) is 24.1 Å². The van der Waals surface area contributed by atoms with Crippen molar-refractivity contribution in [3.63, 3.8) is 0 Å². The van der Waals surface area contributed by atoms with Gasteiger partial charge in [-0.1, -0.05) is 13.5 Å². The van der Waals surface area contributed by atoms with Crippen LogP contribution in [-0.2, 0) is 26.0 Å². The molecule has 0 aromatic rings. The maximum atomic E-state index is 11.4. The normalized spacial score (nSPS) is 18.4. The second-order valence-electron chi connectivity index (χ2n) is 10.7. The lowest BCUT2D eigenvalue weighted by molar-refractivity contribution is -0.138. The molecule has 0 saturated carbocycles. The minimum Gasteiger partial charge on any atom is -0.462 e. The average Bonchev–Trinajstić information content (AvgIpc) is 2.36. The second-order valence-corrected chi connectivity index (χ2v) is 30.7. The topological polar surface area (TPSA) is 63.2 Å². The number of hydrogen-bond acceptors (Lipinski definition) is 6. The van der Waals surface area contributed by atoms with E-state index in [0.29, 0.717) is 6.61 Å². The van der Waals surface area contributed by atoms with Gasteiger partial charge < -0.3 is 21.2 Å². The van der Waals surface area contributed by atoms with Gasteiger partial charge >= 0.3 is 23.1 Å². The molecule has 3 unspecified atom stereocenters. The van der Waals surface area contributed by atoms with E-state index in [0.717, 1.165) is 6.04 Å². The van der Waals surface area contributed by atoms with Gasteiger partial charge in [-0.15, -0.1) is 0 Å². The molecule has 0 aliphatic heterocycles. The quantitative estimate of drug-likeness (QED) is 0.219. The Balaban J connectivity index is 5.37. The number of carbonyl (C=O) groups is 1. The first-order valence-electron chi connectivity index (χ1n) is 10.3. The van der Waals surface area contributed by atoms with Crippen molar-refractivity contribution < 1.29 is 26.0 Å². The van der Waals surface area contributed by atoms with E-state index >= 15 is 0 Å². The molecule has 0 radical (unpaired) electrons. The third kappa shape index (κ3) is 14.8. The first-order valence-corrected chi connectivity index (χ1v) is 25.2. The summed E-state index contributed by atoms with van der Waals surface area (Å²) in [6, 6.07) is 0.734. The molecule has 0 rings (SSSR count). The number of rotatable bonds is 13. The molecular weight excluding hydrogens is 451 g/mol. The molecule has 0 amide bonds. The van der Waals surface area contributed by atoms with Crippen LogP contribution in [0.2, 0.25) is 71.5 Å². The van der Waals surface area contributed by atoms with Crippen LogP contribution in [0.25, 0.3) is 0 Å². The Morgan fingerprint density at radius 2 is 1.38 bits per heavy atom. The zero-order chi connectivity index (χ0) is 23.3. The summed E-state index contributed by atoms with van der Waals surface area (Å²) in [6.07, 6.45) is 1.19. The number of carbonyl (C=O) groups excluding carboxylic acids is 1. The van der Waals surface area contributed by atoms with E-state index in [1.165, 1.54) is 6.08 Å². The van der Waals surface area contributed by atoms with E-state index in [4.69, 9.17) is 21.2 Å². The molecule has 0 spiro atoms. The predicted octanol–water partition coefficient (Wildman–Crippen LogP) is 4.06. The lowest BCUT2D eigenvalue weighted by Crippen LogP contribution is -2.60. The molecule has 3 atom stereocenters. The number of esters is 1. The highest BCUT2D eigenvalue weighted by atomic mass is 28.5. The maximum Gasteiger partial charge on any atom is 0.330 e. The molecule has 0 bridgehead atoms. The van der Waals surface area contributed by atoms with Gasteiger partial charge in [-0.05, 0) is 77.4 Å². The van der Waals surface area contributed by atoms with Gasteiger partial charge in [-0.2, -0.15) is 0 Å². The molecule has 0 aliphatic carbocycles. The number of hydrogen-bond donors (Lipinski definition) is 0. The largest absolute Gasteiger partial charge is 0.462 e. The smallest absolute Gasteiger partial charge is 0.330 e. The van der Waals surface area contributed by atoms with Gasteiger partial charge in [-0.25, -0.2) is 4.79 Å². The van der Waals surface area contributed by atoms with Crippen LogP contribution in [0, 0.1) is 5.92 Å². The van der Waals surface area contributed by atoms with Gasteiger partial charge in [0.2, 0.25) is 0 Å². The molecule has 0 aromatic carbocycles. The van der Waals surface area contributed by atoms with Gasteiger partial charge in [0.1, 0.15) is 0 Å². The molecule has 170 valence electrons. The van der Waals surface area contributed by atoms with Crippen LogP contribution in [0.1, 0.15) is 6.92 Å². The van der Waals surface area contributed by atoms with E-state index in [1.54, 1.807) is 0 Å². The highest BCUT2D eigenvalue weighted by Gasteiger charge is 2.47. The first-order chi connectivity index (χ1) is 12.7. The molecule has 0 heterocycles. The van der Waals surface area contributed by atoms with Crippen LogP contribution in [0.15, 0.2) is 12.7 Å². The third-order valence-electron chi connectivity index (χ3n) is 3.42. The Hall–Kier alpha value is 0.199. The van der Waals surface area contributed by atoms with Crippen molar-refractivity contribution in [2.45, 2.75) is 78.4 Å². The van der Waals surface area contributed by atoms with Gasteiger partial charge in [0.25, 0.3) is 8.43 Å². The first kappa shape index (κ1) is 29.2. The van der Waals surface area contributed by atoms with Crippen molar-refractivity contribution in [2.24, 2.45) is 5.92 Å². The molecule has 12 heteroatoms. The van der Waals surface area contributed by atoms with Gasteiger partial charge in [-0.3, -0.25) is 0 Å². The fourth-order valence-corrected chi connectivity index (χ4v) is 27.3. The molecule has 0 fully saturated rings. The Bertz CT molecular complexity index is 561. The second kappa shape index (κ2) is 10.7. The van der Waals surface area contributed by atoms with E-state index in [1.807, 2.05) is 0 Å². The van der Waals surface area contributed by atoms with Crippen LogP contribution in [0.5, 0.6) is 0 Å². The van der Waals surface area contributed by atoms with E-state index in [2.05, 4.69) is 86.4 Å². The Morgan fingerprint density at radius 1 is 0.897 bits per heavy atom. The van der Waals surface area contributed by atoms with Crippen molar-refractivity contribution in [1.82, 2.24) is 0 Å². The third-order valence-corrected chi connectivity index (χ3v) is 21.1. The monoisotopic (exact) mass is 494 g/mol. The molecule has 0 aliphatic rings. The van der Waals surface area contributed by atoms with Crippen LogP contribution in [-0.4, -0.2) is 62.2 Å². The number of ether oxygens (including phenoxy) is 1. The molecular formula is C17H43BO6Si5. The zero-order valence-electron chi connectivity index (χ0n) is 20.7. The van der Waals surface area contributed by atoms with Crippen LogP contribution in [0.3, 0.4) is 0 Å². The van der Waals surface area contributed by atoms with Gasteiger partial charge in [0.05, 0.1) is 6.61 Å². The van der Waals surface area contributed by atoms with E-state index < -0.39 is 48.2 Å². The SMILES string of the molecule is B[Si](C)(O[Si](C)(C)C)O[Si](C)(C)O[Si](C)(CC(C)COC(=O)C=C)O[Si](C)(C)C. The molecule has 0 saturated heterocycles. The molecule has 29 heavy (non-hydrogen) atoms. The molecule has 0 N–H and O–H groups in total. The van der Waals surface area contributed by atoms with Crippen molar-refractivity contribution in [2.75, 3.05) is 6.61 Å². The van der Waals surface area contributed by atoms with Gasteiger partial charge in [0, 0.05) is 6.08 Å². The maximum absolute atomic E-state index is 11.4. The average molecular weight is 495 g/mol. The highest BCUT2D eigenvalue weighted by Crippen LogP contribution is 2.29. The highest BCUT2D eigenvalue weighted by molar-refractivity contribution is 7.14. The van der Waals surface area contributed by atoms with Crippen molar-refractivity contribution in [3.8, 4) is 0 Å². The van der Waals surface area contributed by atoms with Crippen LogP contribution >= 0.6 is 0 Å². The Morgan fingerprint density at radius 3 is 1.79 bits per heavy atom. The lowest BCUT2D eigenvalue weighted by Gasteiger charge is -2.43. The minimum atomic E-state index is -2.56. The van der Waals surface area contributed by atoms with Crippen LogP contribution in [0.4, 0.5) is 0 Å². The summed E-state index contributed by atoms with van der Waals surface area (Å²) in [6.45, 7) is 27.3. The van der Waals surface area contributed by atoms with Crippen molar-refractivity contribution >= 4 is 55.6 Å². The van der Waals surface area contributed by atoms with E-state index in [9.17, 15) is 4.79 Å². The minimum absolute atomic E-state index is 0.125. The summed E-state index contributed by atoms with van der Waals surface area (Å²) in [5, 5.41) is 0. The summed E-state index contributed by atoms with van der Waals surface area (Å²) < 4.78 is 31.5. The fraction of sp³-hybridized carbons (Fsp3) is 0.824. The van der Waals surface area contributed by atoms with Crippen LogP contribution < -0.4 is 0 Å². The standard InChI is InChI=1S/C17H43BO6Si5/c1-13-17(19)20-14-16(2)15-28(11,21-25(3,4)5)23-27(9,10)24-29(12,18)22-26(6,7)8/h13,16H,1,14-15,18H2,2-12H3. The Kier molecular flexibility index (Phi) is 10.8. The fourth-order valence-electron chi connectivity index (χ4n) is 3.62. The van der Waals surface area contributed by atoms with E-state index in [-0.39, 0.29) is 5.92 Å². The van der Waals surface area contributed by atoms with Crippen molar-refractivity contribution in [3.05, 3.63) is 12.7 Å². The summed E-state index contributed by atoms with van der Waals surface area (Å²) in [5.74, 6) is -0.276. The zero-order valence-corrected chi connectivity index (χ0v) is 25.7. The summed E-state index contributed by atoms with van der Waals surface area (Å²) in [7, 11) is -8.83. The molecule has 0 aromatic heterocycles. The summed E-state index contributed by atoms with van der Waals surface area (Å²) in [4.78, 5) is 11.4. The molecule has 6 nitrogen and oxygen atoms in total.